The van der Waals surface area contributed by atoms with Gasteiger partial charge in [0.25, 0.3) is 5.91 Å². The van der Waals surface area contributed by atoms with Crippen molar-refractivity contribution in [2.24, 2.45) is 0 Å². The van der Waals surface area contributed by atoms with Crippen LogP contribution in [-0.4, -0.2) is 31.3 Å². The lowest BCUT2D eigenvalue weighted by Crippen LogP contribution is -2.71. The van der Waals surface area contributed by atoms with Gasteiger partial charge in [0.15, 0.2) is 0 Å². The van der Waals surface area contributed by atoms with Crippen molar-refractivity contribution in [1.82, 2.24) is 20.0 Å². The van der Waals surface area contributed by atoms with Crippen LogP contribution in [0.3, 0.4) is 0 Å². The van der Waals surface area contributed by atoms with Gasteiger partial charge in [0.05, 0.1) is 6.54 Å². The summed E-state index contributed by atoms with van der Waals surface area (Å²) in [5.74, 6) is -0.179. The molecule has 1 aliphatic heterocycles. The first-order chi connectivity index (χ1) is 14.2. The number of hydrogen-bond donors (Lipinski definition) is 0. The second-order valence-corrected chi connectivity index (χ2v) is 8.19. The molecule has 2 aromatic heterocycles. The molecule has 0 aliphatic carbocycles. The molecule has 2 aromatic carbocycles. The summed E-state index contributed by atoms with van der Waals surface area (Å²) in [6, 6.07) is 21.5. The Balaban J connectivity index is 1.61. The molecular weight excluding hydrogens is 406 g/mol. The van der Waals surface area contributed by atoms with Gasteiger partial charge < -0.3 is 0 Å². The second-order valence-electron chi connectivity index (χ2n) is 6.72. The fourth-order valence-corrected chi connectivity index (χ4v) is 5.14. The molecular formula is C21H16ClN5OS. The van der Waals surface area contributed by atoms with Crippen molar-refractivity contribution in [1.29, 1.82) is 0 Å². The van der Waals surface area contributed by atoms with E-state index in [1.807, 2.05) is 72.9 Å². The van der Waals surface area contributed by atoms with Gasteiger partial charge in [-0.3, -0.25) is 14.4 Å². The lowest BCUT2D eigenvalue weighted by atomic mass is 9.72. The van der Waals surface area contributed by atoms with Crippen molar-refractivity contribution in [2.75, 3.05) is 4.90 Å². The van der Waals surface area contributed by atoms with Gasteiger partial charge in [-0.15, -0.1) is 21.8 Å². The number of aromatic nitrogens is 4. The smallest absolute Gasteiger partial charge is 0.251 e. The highest BCUT2D eigenvalue weighted by Gasteiger charge is 2.63. The largest absolute Gasteiger partial charge is 0.273 e. The SMILES string of the molecule is O=C1C(Cl)C(c2ccccc2)(c2ccccc2)N1c1nnc(Cn2cccn2)s1. The van der Waals surface area contributed by atoms with Gasteiger partial charge in [0.1, 0.15) is 15.9 Å². The minimum atomic E-state index is -0.830. The molecule has 1 amide bonds. The number of amides is 1. The number of hydrogen-bond acceptors (Lipinski definition) is 5. The first kappa shape index (κ1) is 18.0. The van der Waals surface area contributed by atoms with Crippen LogP contribution in [0.2, 0.25) is 0 Å². The molecule has 1 aliphatic rings. The van der Waals surface area contributed by atoms with Crippen molar-refractivity contribution in [2.45, 2.75) is 17.5 Å². The van der Waals surface area contributed by atoms with Gasteiger partial charge in [-0.05, 0) is 17.2 Å². The molecule has 29 heavy (non-hydrogen) atoms. The fourth-order valence-electron chi connectivity index (χ4n) is 3.79. The van der Waals surface area contributed by atoms with E-state index in [1.165, 1.54) is 11.3 Å². The summed E-state index contributed by atoms with van der Waals surface area (Å²) in [7, 11) is 0. The predicted molar refractivity (Wildman–Crippen MR) is 112 cm³/mol. The normalized spacial score (nSPS) is 17.9. The fraction of sp³-hybridized carbons (Fsp3) is 0.143. The van der Waals surface area contributed by atoms with Gasteiger partial charge in [-0.1, -0.05) is 72.0 Å². The number of benzene rings is 2. The quantitative estimate of drug-likeness (QED) is 0.364. The summed E-state index contributed by atoms with van der Waals surface area (Å²) in [5, 5.41) is 13.4. The van der Waals surface area contributed by atoms with E-state index in [4.69, 9.17) is 11.6 Å². The lowest BCUT2D eigenvalue weighted by molar-refractivity contribution is -0.126. The van der Waals surface area contributed by atoms with Crippen LogP contribution >= 0.6 is 22.9 Å². The number of nitrogens with zero attached hydrogens (tertiary/aromatic N) is 5. The van der Waals surface area contributed by atoms with Crippen LogP contribution in [0.1, 0.15) is 16.1 Å². The van der Waals surface area contributed by atoms with Crippen LogP contribution in [0.5, 0.6) is 0 Å². The molecule has 1 saturated heterocycles. The molecule has 1 atom stereocenters. The first-order valence-corrected chi connectivity index (χ1v) is 10.4. The zero-order chi connectivity index (χ0) is 19.8. The molecule has 144 valence electrons. The lowest BCUT2D eigenvalue weighted by Gasteiger charge is -2.54. The average Bonchev–Trinajstić information content (AvgIpc) is 3.45. The minimum absolute atomic E-state index is 0.179. The zero-order valence-electron chi connectivity index (χ0n) is 15.2. The minimum Gasteiger partial charge on any atom is -0.273 e. The third-order valence-corrected chi connectivity index (χ3v) is 6.48. The number of halogens is 1. The van der Waals surface area contributed by atoms with E-state index >= 15 is 0 Å². The molecule has 8 heteroatoms. The van der Waals surface area contributed by atoms with Crippen LogP contribution < -0.4 is 4.90 Å². The van der Waals surface area contributed by atoms with Crippen LogP contribution in [0.25, 0.3) is 0 Å². The molecule has 3 heterocycles. The summed E-state index contributed by atoms with van der Waals surface area (Å²) < 4.78 is 1.77. The Morgan fingerprint density at radius 3 is 2.21 bits per heavy atom. The molecule has 4 aromatic rings. The summed E-state index contributed by atoms with van der Waals surface area (Å²) >= 11 is 8.08. The van der Waals surface area contributed by atoms with E-state index in [0.29, 0.717) is 11.7 Å². The Hall–Kier alpha value is -3.03. The second kappa shape index (κ2) is 7.09. The molecule has 6 nitrogen and oxygen atoms in total. The van der Waals surface area contributed by atoms with E-state index in [9.17, 15) is 4.79 Å². The number of carbonyl (C=O) groups excluding carboxylic acids is 1. The highest BCUT2D eigenvalue weighted by atomic mass is 35.5. The topological polar surface area (TPSA) is 63.9 Å². The maximum atomic E-state index is 13.0. The van der Waals surface area contributed by atoms with Gasteiger partial charge in [0.2, 0.25) is 5.13 Å². The van der Waals surface area contributed by atoms with Crippen molar-refractivity contribution < 1.29 is 4.79 Å². The van der Waals surface area contributed by atoms with E-state index < -0.39 is 10.9 Å². The van der Waals surface area contributed by atoms with Crippen LogP contribution in [0.4, 0.5) is 5.13 Å². The Morgan fingerprint density at radius 2 is 1.62 bits per heavy atom. The number of carbonyl (C=O) groups is 1. The molecule has 0 bridgehead atoms. The molecule has 1 unspecified atom stereocenters. The summed E-state index contributed by atoms with van der Waals surface area (Å²) in [5.41, 5.74) is 1.05. The molecule has 1 fully saturated rings. The van der Waals surface area contributed by atoms with E-state index in [2.05, 4.69) is 15.3 Å². The molecule has 0 saturated carbocycles. The number of anilines is 1. The monoisotopic (exact) mass is 421 g/mol. The number of rotatable bonds is 5. The van der Waals surface area contributed by atoms with Gasteiger partial charge in [-0.25, -0.2) is 0 Å². The number of alkyl halides is 1. The van der Waals surface area contributed by atoms with Crippen LogP contribution in [0, 0.1) is 0 Å². The Labute approximate surface area is 176 Å². The third kappa shape index (κ3) is 2.77. The van der Waals surface area contributed by atoms with Crippen molar-refractivity contribution in [3.8, 4) is 0 Å². The van der Waals surface area contributed by atoms with Crippen LogP contribution in [0.15, 0.2) is 79.1 Å². The molecule has 0 spiro atoms. The highest BCUT2D eigenvalue weighted by Crippen LogP contribution is 2.52. The van der Waals surface area contributed by atoms with E-state index in [1.54, 1.807) is 15.8 Å². The third-order valence-electron chi connectivity index (χ3n) is 5.09. The van der Waals surface area contributed by atoms with E-state index in [-0.39, 0.29) is 5.91 Å². The standard InChI is InChI=1S/C21H16ClN5OS/c22-18-19(28)27(20-25-24-17(29-20)14-26-13-7-12-23-26)21(18,15-8-3-1-4-9-15)16-10-5-2-6-11-16/h1-13,18H,14H2. The number of β-lactam (4-membered cyclic amide) rings is 1. The Morgan fingerprint density at radius 1 is 0.966 bits per heavy atom. The van der Waals surface area contributed by atoms with Crippen molar-refractivity contribution in [3.05, 3.63) is 95.3 Å². The summed E-state index contributed by atoms with van der Waals surface area (Å²) in [4.78, 5) is 14.6. The highest BCUT2D eigenvalue weighted by molar-refractivity contribution is 7.15. The van der Waals surface area contributed by atoms with Crippen molar-refractivity contribution >= 4 is 34.0 Å². The summed E-state index contributed by atoms with van der Waals surface area (Å²) in [6.07, 6.45) is 3.58. The Bertz CT molecular complexity index is 1090. The van der Waals surface area contributed by atoms with Gasteiger partial charge in [-0.2, -0.15) is 5.10 Å². The zero-order valence-corrected chi connectivity index (χ0v) is 16.8. The average molecular weight is 422 g/mol. The molecule has 0 N–H and O–H groups in total. The van der Waals surface area contributed by atoms with Crippen molar-refractivity contribution in [3.63, 3.8) is 0 Å². The maximum absolute atomic E-state index is 13.0. The molecule has 0 radical (unpaired) electrons. The van der Waals surface area contributed by atoms with Gasteiger partial charge in [0, 0.05) is 12.4 Å². The molecule has 5 rings (SSSR count). The predicted octanol–water partition coefficient (Wildman–Crippen LogP) is 3.68. The Kier molecular flexibility index (Phi) is 4.41. The van der Waals surface area contributed by atoms with Gasteiger partial charge >= 0.3 is 0 Å². The first-order valence-electron chi connectivity index (χ1n) is 9.10. The summed E-state index contributed by atoms with van der Waals surface area (Å²) in [6.45, 7) is 0.501. The van der Waals surface area contributed by atoms with E-state index in [0.717, 1.165) is 16.1 Å². The van der Waals surface area contributed by atoms with Crippen LogP contribution in [-0.2, 0) is 16.9 Å². The maximum Gasteiger partial charge on any atom is 0.251 e.